The van der Waals surface area contributed by atoms with Crippen LogP contribution in [0.2, 0.25) is 0 Å². The average molecular weight is 226 g/mol. The highest BCUT2D eigenvalue weighted by Gasteiger charge is 2.23. The molecular formula is C12H18O4. The van der Waals surface area contributed by atoms with Crippen molar-refractivity contribution < 1.29 is 19.1 Å². The summed E-state index contributed by atoms with van der Waals surface area (Å²) in [5, 5.41) is 0. The molecule has 0 amide bonds. The Labute approximate surface area is 95.9 Å². The highest BCUT2D eigenvalue weighted by Crippen LogP contribution is 2.12. The van der Waals surface area contributed by atoms with Gasteiger partial charge in [-0.05, 0) is 13.8 Å². The van der Waals surface area contributed by atoms with E-state index in [0.717, 1.165) is 0 Å². The van der Waals surface area contributed by atoms with Crippen molar-refractivity contribution in [3.63, 3.8) is 0 Å². The van der Waals surface area contributed by atoms with E-state index in [2.05, 4.69) is 13.2 Å². The van der Waals surface area contributed by atoms with E-state index in [1.54, 1.807) is 13.8 Å². The number of carbonyl (C=O) groups is 2. The summed E-state index contributed by atoms with van der Waals surface area (Å²) in [6, 6.07) is 0. The molecule has 0 aromatic carbocycles. The Hall–Kier alpha value is -1.58. The maximum Gasteiger partial charge on any atom is 0.336 e. The zero-order valence-corrected chi connectivity index (χ0v) is 10.2. The lowest BCUT2D eigenvalue weighted by atomic mass is 10.2. The SMILES string of the molecule is C=C(C)C(=O)OC(OC(=O)C(=C)C)C(C)C. The van der Waals surface area contributed by atoms with Crippen molar-refractivity contribution in [3.8, 4) is 0 Å². The number of ether oxygens (including phenoxy) is 2. The van der Waals surface area contributed by atoms with Crippen LogP contribution in [0.25, 0.3) is 0 Å². The molecule has 0 aromatic heterocycles. The fourth-order valence-corrected chi connectivity index (χ4v) is 0.708. The molecule has 4 heteroatoms. The Bertz CT molecular complexity index is 287. The van der Waals surface area contributed by atoms with Crippen LogP contribution in [0, 0.1) is 5.92 Å². The Kier molecular flexibility index (Phi) is 5.50. The van der Waals surface area contributed by atoms with Crippen molar-refractivity contribution >= 4 is 11.9 Å². The highest BCUT2D eigenvalue weighted by molar-refractivity contribution is 5.88. The van der Waals surface area contributed by atoms with Gasteiger partial charge in [-0.15, -0.1) is 0 Å². The summed E-state index contributed by atoms with van der Waals surface area (Å²) in [4.78, 5) is 22.5. The van der Waals surface area contributed by atoms with Gasteiger partial charge in [0.2, 0.25) is 6.29 Å². The maximum absolute atomic E-state index is 11.3. The molecular weight excluding hydrogens is 208 g/mol. The van der Waals surface area contributed by atoms with E-state index in [9.17, 15) is 9.59 Å². The second-order valence-electron chi connectivity index (χ2n) is 3.98. The Balaban J connectivity index is 4.52. The van der Waals surface area contributed by atoms with E-state index in [1.807, 2.05) is 0 Å². The maximum atomic E-state index is 11.3. The van der Waals surface area contributed by atoms with Crippen molar-refractivity contribution in [2.45, 2.75) is 34.0 Å². The second-order valence-corrected chi connectivity index (χ2v) is 3.98. The average Bonchev–Trinajstić information content (AvgIpc) is 2.15. The van der Waals surface area contributed by atoms with Crippen LogP contribution >= 0.6 is 0 Å². The van der Waals surface area contributed by atoms with E-state index >= 15 is 0 Å². The van der Waals surface area contributed by atoms with Crippen LogP contribution in [-0.2, 0) is 19.1 Å². The largest absolute Gasteiger partial charge is 0.422 e. The molecule has 0 aliphatic heterocycles. The summed E-state index contributed by atoms with van der Waals surface area (Å²) in [7, 11) is 0. The molecule has 90 valence electrons. The number of hydrogen-bond acceptors (Lipinski definition) is 4. The first kappa shape index (κ1) is 14.4. The smallest absolute Gasteiger partial charge is 0.336 e. The van der Waals surface area contributed by atoms with Crippen LogP contribution in [0.3, 0.4) is 0 Å². The molecule has 0 spiro atoms. The van der Waals surface area contributed by atoms with Crippen LogP contribution in [0.4, 0.5) is 0 Å². The molecule has 0 fully saturated rings. The minimum Gasteiger partial charge on any atom is -0.422 e. The Morgan fingerprint density at radius 2 is 1.25 bits per heavy atom. The zero-order valence-electron chi connectivity index (χ0n) is 10.2. The molecule has 0 radical (unpaired) electrons. The zero-order chi connectivity index (χ0) is 12.9. The van der Waals surface area contributed by atoms with E-state index in [4.69, 9.17) is 9.47 Å². The van der Waals surface area contributed by atoms with Gasteiger partial charge in [0.15, 0.2) is 0 Å². The lowest BCUT2D eigenvalue weighted by Gasteiger charge is -2.21. The van der Waals surface area contributed by atoms with E-state index in [-0.39, 0.29) is 17.1 Å². The molecule has 0 atom stereocenters. The standard InChI is InChI=1S/C12H18O4/c1-7(2)10(13)15-12(9(5)6)16-11(14)8(3)4/h9,12H,1,3H2,2,4-6H3. The molecule has 0 saturated heterocycles. The summed E-state index contributed by atoms with van der Waals surface area (Å²) < 4.78 is 9.94. The number of carbonyl (C=O) groups excluding carboxylic acids is 2. The van der Waals surface area contributed by atoms with Crippen molar-refractivity contribution in [1.29, 1.82) is 0 Å². The van der Waals surface area contributed by atoms with Crippen molar-refractivity contribution in [2.75, 3.05) is 0 Å². The monoisotopic (exact) mass is 226 g/mol. The van der Waals surface area contributed by atoms with Crippen LogP contribution in [-0.4, -0.2) is 18.2 Å². The fourth-order valence-electron chi connectivity index (χ4n) is 0.708. The second kappa shape index (κ2) is 6.10. The van der Waals surface area contributed by atoms with E-state index in [0.29, 0.717) is 0 Å². The van der Waals surface area contributed by atoms with Crippen molar-refractivity contribution in [1.82, 2.24) is 0 Å². The number of hydrogen-bond donors (Lipinski definition) is 0. The lowest BCUT2D eigenvalue weighted by molar-refractivity contribution is -0.190. The number of esters is 2. The molecule has 0 heterocycles. The van der Waals surface area contributed by atoms with Gasteiger partial charge in [0.05, 0.1) is 0 Å². The summed E-state index contributed by atoms with van der Waals surface area (Å²) in [5.74, 6) is -1.28. The van der Waals surface area contributed by atoms with E-state index in [1.165, 1.54) is 13.8 Å². The van der Waals surface area contributed by atoms with Crippen LogP contribution in [0.1, 0.15) is 27.7 Å². The molecule has 0 aromatic rings. The minimum atomic E-state index is -0.909. The van der Waals surface area contributed by atoms with E-state index < -0.39 is 18.2 Å². The Morgan fingerprint density at radius 1 is 0.938 bits per heavy atom. The van der Waals surface area contributed by atoms with Gasteiger partial charge in [-0.3, -0.25) is 0 Å². The van der Waals surface area contributed by atoms with Gasteiger partial charge < -0.3 is 9.47 Å². The minimum absolute atomic E-state index is 0.133. The molecule has 4 nitrogen and oxygen atoms in total. The van der Waals surface area contributed by atoms with Gasteiger partial charge in [0, 0.05) is 17.1 Å². The van der Waals surface area contributed by atoms with Gasteiger partial charge in [-0.1, -0.05) is 27.0 Å². The predicted molar refractivity (Wildman–Crippen MR) is 60.4 cm³/mol. The first-order valence-electron chi connectivity index (χ1n) is 4.98. The van der Waals surface area contributed by atoms with Crippen LogP contribution in [0.5, 0.6) is 0 Å². The summed E-state index contributed by atoms with van der Waals surface area (Å²) in [5.41, 5.74) is 0.522. The molecule has 0 aliphatic rings. The van der Waals surface area contributed by atoms with Gasteiger partial charge in [-0.2, -0.15) is 0 Å². The van der Waals surface area contributed by atoms with Gasteiger partial charge in [0.1, 0.15) is 0 Å². The molecule has 0 rings (SSSR count). The summed E-state index contributed by atoms with van der Waals surface area (Å²) in [6.45, 7) is 13.5. The third-order valence-corrected chi connectivity index (χ3v) is 1.69. The first-order valence-corrected chi connectivity index (χ1v) is 4.98. The third kappa shape index (κ3) is 4.77. The van der Waals surface area contributed by atoms with Crippen LogP contribution < -0.4 is 0 Å². The summed E-state index contributed by atoms with van der Waals surface area (Å²) in [6.07, 6.45) is -0.909. The molecule has 0 aliphatic carbocycles. The predicted octanol–water partition coefficient (Wildman–Crippen LogP) is 2.21. The third-order valence-electron chi connectivity index (χ3n) is 1.69. The van der Waals surface area contributed by atoms with Gasteiger partial charge >= 0.3 is 11.9 Å². The Morgan fingerprint density at radius 3 is 1.44 bits per heavy atom. The van der Waals surface area contributed by atoms with Gasteiger partial charge in [-0.25, -0.2) is 9.59 Å². The van der Waals surface area contributed by atoms with Crippen molar-refractivity contribution in [3.05, 3.63) is 24.3 Å². The molecule has 0 saturated carbocycles. The van der Waals surface area contributed by atoms with Crippen molar-refractivity contribution in [2.24, 2.45) is 5.92 Å². The molecule has 0 unspecified atom stereocenters. The lowest BCUT2D eigenvalue weighted by Crippen LogP contribution is -2.29. The summed E-state index contributed by atoms with van der Waals surface area (Å²) >= 11 is 0. The van der Waals surface area contributed by atoms with Gasteiger partial charge in [0.25, 0.3) is 0 Å². The number of rotatable bonds is 5. The van der Waals surface area contributed by atoms with Crippen LogP contribution in [0.15, 0.2) is 24.3 Å². The highest BCUT2D eigenvalue weighted by atomic mass is 16.7. The normalized spacial score (nSPS) is 10.1. The fraction of sp³-hybridized carbons (Fsp3) is 0.500. The first-order chi connectivity index (χ1) is 7.25. The topological polar surface area (TPSA) is 52.6 Å². The molecule has 0 N–H and O–H groups in total. The molecule has 0 bridgehead atoms. The molecule has 16 heavy (non-hydrogen) atoms. The quantitative estimate of drug-likeness (QED) is 0.409.